The average molecular weight is 235 g/mol. The summed E-state index contributed by atoms with van der Waals surface area (Å²) < 4.78 is 0. The second kappa shape index (κ2) is 7.33. The largest absolute Gasteiger partial charge is 0.396 e. The Balaban J connectivity index is 2.45. The lowest BCUT2D eigenvalue weighted by molar-refractivity contribution is 0.230. The topological polar surface area (TPSA) is 32.3 Å². The first-order valence-electron chi connectivity index (χ1n) is 6.59. The summed E-state index contributed by atoms with van der Waals surface area (Å²) in [5.74, 6) is 1.05. The van der Waals surface area contributed by atoms with Crippen LogP contribution in [0.25, 0.3) is 0 Å². The smallest absolute Gasteiger partial charge is 0.0475 e. The fourth-order valence-electron chi connectivity index (χ4n) is 1.83. The highest BCUT2D eigenvalue weighted by Gasteiger charge is 2.04. The zero-order chi connectivity index (χ0) is 12.7. The van der Waals surface area contributed by atoms with Crippen LogP contribution in [0.15, 0.2) is 24.3 Å². The SMILES string of the molecule is CCC(CO)CNc1ccc(CC(C)C)cc1. The Bertz CT molecular complexity index is 301. The van der Waals surface area contributed by atoms with E-state index in [0.29, 0.717) is 11.8 Å². The minimum absolute atomic E-state index is 0.259. The first-order chi connectivity index (χ1) is 8.15. The van der Waals surface area contributed by atoms with E-state index in [0.717, 1.165) is 25.1 Å². The minimum Gasteiger partial charge on any atom is -0.396 e. The van der Waals surface area contributed by atoms with Gasteiger partial charge < -0.3 is 10.4 Å². The van der Waals surface area contributed by atoms with Crippen LogP contribution in [0, 0.1) is 11.8 Å². The third kappa shape index (κ3) is 5.22. The summed E-state index contributed by atoms with van der Waals surface area (Å²) in [4.78, 5) is 0. The number of anilines is 1. The molecule has 0 aliphatic heterocycles. The van der Waals surface area contributed by atoms with E-state index in [1.54, 1.807) is 0 Å². The third-order valence-electron chi connectivity index (χ3n) is 3.03. The van der Waals surface area contributed by atoms with E-state index in [-0.39, 0.29) is 6.61 Å². The van der Waals surface area contributed by atoms with Crippen molar-refractivity contribution in [2.45, 2.75) is 33.6 Å². The van der Waals surface area contributed by atoms with Gasteiger partial charge in [-0.05, 0) is 42.4 Å². The van der Waals surface area contributed by atoms with E-state index in [1.807, 2.05) is 0 Å². The first-order valence-corrected chi connectivity index (χ1v) is 6.59. The number of nitrogens with one attached hydrogen (secondary N) is 1. The van der Waals surface area contributed by atoms with Crippen LogP contribution < -0.4 is 5.32 Å². The molecule has 0 aliphatic rings. The van der Waals surface area contributed by atoms with Gasteiger partial charge in [-0.15, -0.1) is 0 Å². The second-order valence-electron chi connectivity index (χ2n) is 5.13. The average Bonchev–Trinajstić information content (AvgIpc) is 2.32. The van der Waals surface area contributed by atoms with Crippen molar-refractivity contribution in [3.8, 4) is 0 Å². The zero-order valence-corrected chi connectivity index (χ0v) is 11.2. The molecule has 1 rings (SSSR count). The van der Waals surface area contributed by atoms with E-state index < -0.39 is 0 Å². The Hall–Kier alpha value is -1.02. The predicted molar refractivity (Wildman–Crippen MR) is 74.3 cm³/mol. The van der Waals surface area contributed by atoms with Gasteiger partial charge in [-0.3, -0.25) is 0 Å². The zero-order valence-electron chi connectivity index (χ0n) is 11.2. The van der Waals surface area contributed by atoms with Gasteiger partial charge in [-0.2, -0.15) is 0 Å². The predicted octanol–water partition coefficient (Wildman–Crippen LogP) is 3.32. The summed E-state index contributed by atoms with van der Waals surface area (Å²) in [6.07, 6.45) is 2.14. The summed E-state index contributed by atoms with van der Waals surface area (Å²) in [5.41, 5.74) is 2.53. The standard InChI is InChI=1S/C15H25NO/c1-4-13(11-17)10-16-15-7-5-14(6-8-15)9-12(2)3/h5-8,12-13,16-17H,4,9-11H2,1-3H3. The summed E-state index contributed by atoms with van der Waals surface area (Å²) >= 11 is 0. The van der Waals surface area contributed by atoms with E-state index in [9.17, 15) is 0 Å². The maximum Gasteiger partial charge on any atom is 0.0475 e. The number of rotatable bonds is 7. The number of aliphatic hydroxyl groups excluding tert-OH is 1. The fourth-order valence-corrected chi connectivity index (χ4v) is 1.83. The maximum atomic E-state index is 9.11. The van der Waals surface area contributed by atoms with Crippen molar-refractivity contribution in [3.05, 3.63) is 29.8 Å². The van der Waals surface area contributed by atoms with Gasteiger partial charge >= 0.3 is 0 Å². The Labute approximate surface area is 105 Å². The molecule has 1 aromatic carbocycles. The van der Waals surface area contributed by atoms with Crippen molar-refractivity contribution in [2.24, 2.45) is 11.8 Å². The highest BCUT2D eigenvalue weighted by molar-refractivity contribution is 5.44. The van der Waals surface area contributed by atoms with Crippen LogP contribution in [0.2, 0.25) is 0 Å². The third-order valence-corrected chi connectivity index (χ3v) is 3.03. The minimum atomic E-state index is 0.259. The molecule has 2 N–H and O–H groups in total. The van der Waals surface area contributed by atoms with Gasteiger partial charge in [0, 0.05) is 18.8 Å². The van der Waals surface area contributed by atoms with E-state index in [2.05, 4.69) is 50.4 Å². The van der Waals surface area contributed by atoms with Gasteiger partial charge in [0.15, 0.2) is 0 Å². The van der Waals surface area contributed by atoms with Crippen molar-refractivity contribution in [2.75, 3.05) is 18.5 Å². The quantitative estimate of drug-likeness (QED) is 0.760. The molecule has 0 saturated heterocycles. The second-order valence-corrected chi connectivity index (χ2v) is 5.13. The normalized spacial score (nSPS) is 12.8. The summed E-state index contributed by atoms with van der Waals surface area (Å²) in [6.45, 7) is 7.68. The Morgan fingerprint density at radius 3 is 2.29 bits per heavy atom. The Morgan fingerprint density at radius 2 is 1.82 bits per heavy atom. The fraction of sp³-hybridized carbons (Fsp3) is 0.600. The van der Waals surface area contributed by atoms with Crippen molar-refractivity contribution >= 4 is 5.69 Å². The van der Waals surface area contributed by atoms with Gasteiger partial charge in [-0.1, -0.05) is 32.9 Å². The molecule has 0 amide bonds. The Kier molecular flexibility index (Phi) is 6.06. The molecule has 0 aliphatic carbocycles. The van der Waals surface area contributed by atoms with Crippen LogP contribution in [0.4, 0.5) is 5.69 Å². The van der Waals surface area contributed by atoms with E-state index >= 15 is 0 Å². The first kappa shape index (κ1) is 14.0. The van der Waals surface area contributed by atoms with Crippen molar-refractivity contribution in [1.29, 1.82) is 0 Å². The number of hydrogen-bond acceptors (Lipinski definition) is 2. The summed E-state index contributed by atoms with van der Waals surface area (Å²) in [7, 11) is 0. The number of aliphatic hydroxyl groups is 1. The molecular formula is C15H25NO. The highest BCUT2D eigenvalue weighted by Crippen LogP contribution is 2.14. The van der Waals surface area contributed by atoms with Crippen LogP contribution in [0.1, 0.15) is 32.8 Å². The molecule has 0 spiro atoms. The van der Waals surface area contributed by atoms with Gasteiger partial charge in [0.2, 0.25) is 0 Å². The number of hydrogen-bond donors (Lipinski definition) is 2. The van der Waals surface area contributed by atoms with Crippen molar-refractivity contribution in [3.63, 3.8) is 0 Å². The van der Waals surface area contributed by atoms with Crippen molar-refractivity contribution < 1.29 is 5.11 Å². The molecule has 17 heavy (non-hydrogen) atoms. The molecule has 0 heterocycles. The molecule has 2 heteroatoms. The maximum absolute atomic E-state index is 9.11. The molecule has 96 valence electrons. The lowest BCUT2D eigenvalue weighted by Gasteiger charge is -2.14. The van der Waals surface area contributed by atoms with Crippen LogP contribution in [0.3, 0.4) is 0 Å². The molecule has 0 saturated carbocycles. The van der Waals surface area contributed by atoms with Crippen LogP contribution in [0.5, 0.6) is 0 Å². The lowest BCUT2D eigenvalue weighted by atomic mass is 10.0. The molecule has 1 unspecified atom stereocenters. The van der Waals surface area contributed by atoms with Crippen LogP contribution in [-0.4, -0.2) is 18.3 Å². The summed E-state index contributed by atoms with van der Waals surface area (Å²) in [5, 5.41) is 12.5. The van der Waals surface area contributed by atoms with Gasteiger partial charge in [0.05, 0.1) is 0 Å². The number of benzene rings is 1. The molecule has 2 nitrogen and oxygen atoms in total. The molecule has 1 aromatic rings. The highest BCUT2D eigenvalue weighted by atomic mass is 16.3. The van der Waals surface area contributed by atoms with Crippen molar-refractivity contribution in [1.82, 2.24) is 0 Å². The van der Waals surface area contributed by atoms with Crippen LogP contribution in [-0.2, 0) is 6.42 Å². The van der Waals surface area contributed by atoms with Crippen LogP contribution >= 0.6 is 0 Å². The molecule has 0 bridgehead atoms. The van der Waals surface area contributed by atoms with Gasteiger partial charge in [-0.25, -0.2) is 0 Å². The molecule has 0 aromatic heterocycles. The van der Waals surface area contributed by atoms with Gasteiger partial charge in [0.25, 0.3) is 0 Å². The summed E-state index contributed by atoms with van der Waals surface area (Å²) in [6, 6.07) is 8.62. The molecule has 0 fully saturated rings. The van der Waals surface area contributed by atoms with Gasteiger partial charge in [0.1, 0.15) is 0 Å². The monoisotopic (exact) mass is 235 g/mol. The molecular weight excluding hydrogens is 210 g/mol. The molecule has 1 atom stereocenters. The Morgan fingerprint density at radius 1 is 1.18 bits per heavy atom. The van der Waals surface area contributed by atoms with E-state index in [1.165, 1.54) is 5.56 Å². The van der Waals surface area contributed by atoms with E-state index in [4.69, 9.17) is 5.11 Å². The lowest BCUT2D eigenvalue weighted by Crippen LogP contribution is -2.16. The molecule has 0 radical (unpaired) electrons.